The number of nitrogens with zero attached hydrogens (tertiary/aromatic N) is 2. The molecule has 35 heavy (non-hydrogen) atoms. The van der Waals surface area contributed by atoms with Crippen molar-refractivity contribution in [2.75, 3.05) is 11.6 Å². The number of para-hydroxylation sites is 1. The van der Waals surface area contributed by atoms with Crippen molar-refractivity contribution in [2.24, 2.45) is 0 Å². The number of aryl methyl sites for hydroxylation is 1. The van der Waals surface area contributed by atoms with Crippen molar-refractivity contribution in [2.45, 2.75) is 31.5 Å². The Balaban J connectivity index is 1.46. The van der Waals surface area contributed by atoms with Crippen molar-refractivity contribution in [1.29, 1.82) is 0 Å². The average molecular weight is 480 g/mol. The number of urea groups is 1. The molecule has 2 amide bonds. The molecule has 176 valence electrons. The van der Waals surface area contributed by atoms with E-state index in [9.17, 15) is 4.79 Å². The Morgan fingerprint density at radius 3 is 2.23 bits per heavy atom. The van der Waals surface area contributed by atoms with Crippen LogP contribution in [0.25, 0.3) is 21.8 Å². The zero-order chi connectivity index (χ0) is 24.2. The van der Waals surface area contributed by atoms with Gasteiger partial charge in [-0.1, -0.05) is 54.6 Å². The lowest BCUT2D eigenvalue weighted by molar-refractivity contribution is 0.206. The van der Waals surface area contributed by atoms with E-state index in [1.807, 2.05) is 53.6 Å². The van der Waals surface area contributed by atoms with E-state index in [-0.39, 0.29) is 6.03 Å². The molecule has 4 aromatic carbocycles. The van der Waals surface area contributed by atoms with Gasteiger partial charge >= 0.3 is 6.03 Å². The standard InChI is InChI=1S/C30H29N3OS/c1-3-33-28-12-8-7-11-26(28)27-19-23(13-18-29(27)33)21-32(20-22-9-5-4-6-10-22)30(34)31-24-14-16-25(35-2)17-15-24/h4-19H,3,20-21H2,1-2H3,(H,31,34). The molecule has 0 bridgehead atoms. The average Bonchev–Trinajstić information content (AvgIpc) is 3.22. The smallest absolute Gasteiger partial charge is 0.322 e. The molecule has 0 fully saturated rings. The fourth-order valence-electron chi connectivity index (χ4n) is 4.64. The van der Waals surface area contributed by atoms with E-state index in [0.717, 1.165) is 23.4 Å². The van der Waals surface area contributed by atoms with Crippen LogP contribution in [0.4, 0.5) is 10.5 Å². The van der Waals surface area contributed by atoms with Crippen LogP contribution in [0, 0.1) is 0 Å². The fraction of sp³-hybridized carbons (Fsp3) is 0.167. The SMILES string of the molecule is CCn1c2ccccc2c2cc(CN(Cc3ccccc3)C(=O)Nc3ccc(SC)cc3)ccc21. The Hall–Kier alpha value is -3.70. The Kier molecular flexibility index (Phi) is 6.77. The highest BCUT2D eigenvalue weighted by Crippen LogP contribution is 2.30. The van der Waals surface area contributed by atoms with E-state index in [0.29, 0.717) is 13.1 Å². The predicted octanol–water partition coefficient (Wildman–Crippen LogP) is 7.77. The molecule has 0 spiro atoms. The van der Waals surface area contributed by atoms with Gasteiger partial charge in [0.1, 0.15) is 0 Å². The van der Waals surface area contributed by atoms with Gasteiger partial charge in [0.15, 0.2) is 0 Å². The summed E-state index contributed by atoms with van der Waals surface area (Å²) in [5, 5.41) is 5.57. The maximum absolute atomic E-state index is 13.4. The molecule has 0 atom stereocenters. The highest BCUT2D eigenvalue weighted by Gasteiger charge is 2.17. The highest BCUT2D eigenvalue weighted by atomic mass is 32.2. The van der Waals surface area contributed by atoms with Crippen LogP contribution >= 0.6 is 11.8 Å². The number of carbonyl (C=O) groups is 1. The van der Waals surface area contributed by atoms with Crippen molar-refractivity contribution in [3.8, 4) is 0 Å². The lowest BCUT2D eigenvalue weighted by Gasteiger charge is -2.24. The molecule has 0 saturated heterocycles. The van der Waals surface area contributed by atoms with Crippen molar-refractivity contribution in [3.63, 3.8) is 0 Å². The second kappa shape index (κ2) is 10.3. The van der Waals surface area contributed by atoms with Crippen LogP contribution in [0.3, 0.4) is 0 Å². The predicted molar refractivity (Wildman–Crippen MR) is 148 cm³/mol. The van der Waals surface area contributed by atoms with Crippen LogP contribution in [0.2, 0.25) is 0 Å². The Morgan fingerprint density at radius 2 is 1.49 bits per heavy atom. The molecule has 0 radical (unpaired) electrons. The second-order valence-electron chi connectivity index (χ2n) is 8.61. The molecule has 0 aliphatic heterocycles. The number of hydrogen-bond acceptors (Lipinski definition) is 2. The molecular formula is C30H29N3OS. The molecule has 5 rings (SSSR count). The third kappa shape index (κ3) is 4.91. The number of anilines is 1. The van der Waals surface area contributed by atoms with Crippen LogP contribution in [0.1, 0.15) is 18.1 Å². The van der Waals surface area contributed by atoms with Crippen LogP contribution in [-0.2, 0) is 19.6 Å². The van der Waals surface area contributed by atoms with Crippen molar-refractivity contribution >= 4 is 45.3 Å². The van der Waals surface area contributed by atoms with Crippen LogP contribution < -0.4 is 5.32 Å². The summed E-state index contributed by atoms with van der Waals surface area (Å²) in [5.74, 6) is 0. The Bertz CT molecular complexity index is 1460. The van der Waals surface area contributed by atoms with E-state index >= 15 is 0 Å². The van der Waals surface area contributed by atoms with Gasteiger partial charge in [-0.05, 0) is 66.8 Å². The maximum Gasteiger partial charge on any atom is 0.322 e. The first-order valence-electron chi connectivity index (χ1n) is 11.9. The summed E-state index contributed by atoms with van der Waals surface area (Å²) in [5.41, 5.74) is 5.48. The zero-order valence-electron chi connectivity index (χ0n) is 20.1. The molecule has 0 aliphatic rings. The van der Waals surface area contributed by atoms with Gasteiger partial charge in [0.25, 0.3) is 0 Å². The number of benzene rings is 4. The van der Waals surface area contributed by atoms with Crippen molar-refractivity contribution in [3.05, 3.63) is 108 Å². The summed E-state index contributed by atoms with van der Waals surface area (Å²) < 4.78 is 2.35. The van der Waals surface area contributed by atoms with Gasteiger partial charge in [-0.3, -0.25) is 0 Å². The van der Waals surface area contributed by atoms with E-state index in [4.69, 9.17) is 0 Å². The Labute approximate surface area is 210 Å². The van der Waals surface area contributed by atoms with Gasteiger partial charge in [0, 0.05) is 52.0 Å². The summed E-state index contributed by atoms with van der Waals surface area (Å²) in [7, 11) is 0. The van der Waals surface area contributed by atoms with Gasteiger partial charge in [-0.25, -0.2) is 4.79 Å². The summed E-state index contributed by atoms with van der Waals surface area (Å²) >= 11 is 1.69. The van der Waals surface area contributed by atoms with Crippen LogP contribution in [0.15, 0.2) is 102 Å². The van der Waals surface area contributed by atoms with Crippen LogP contribution in [0.5, 0.6) is 0 Å². The van der Waals surface area contributed by atoms with Crippen molar-refractivity contribution in [1.82, 2.24) is 9.47 Å². The third-order valence-corrected chi connectivity index (χ3v) is 7.11. The maximum atomic E-state index is 13.4. The number of thioether (sulfide) groups is 1. The van der Waals surface area contributed by atoms with E-state index in [1.54, 1.807) is 11.8 Å². The van der Waals surface area contributed by atoms with Gasteiger partial charge in [-0.15, -0.1) is 11.8 Å². The summed E-state index contributed by atoms with van der Waals surface area (Å²) in [6.45, 7) is 4.15. The van der Waals surface area contributed by atoms with Crippen molar-refractivity contribution < 1.29 is 4.79 Å². The second-order valence-corrected chi connectivity index (χ2v) is 9.49. The summed E-state index contributed by atoms with van der Waals surface area (Å²) in [4.78, 5) is 16.5. The number of amides is 2. The minimum atomic E-state index is -0.109. The third-order valence-electron chi connectivity index (χ3n) is 6.37. The molecule has 1 N–H and O–H groups in total. The topological polar surface area (TPSA) is 37.3 Å². The molecular weight excluding hydrogens is 450 g/mol. The minimum absolute atomic E-state index is 0.109. The van der Waals surface area contributed by atoms with Crippen LogP contribution in [-0.4, -0.2) is 21.8 Å². The molecule has 5 aromatic rings. The van der Waals surface area contributed by atoms with E-state index in [2.05, 4.69) is 71.4 Å². The molecule has 0 unspecified atom stereocenters. The first kappa shape index (κ1) is 23.1. The van der Waals surface area contributed by atoms with Gasteiger partial charge in [-0.2, -0.15) is 0 Å². The highest BCUT2D eigenvalue weighted by molar-refractivity contribution is 7.98. The largest absolute Gasteiger partial charge is 0.341 e. The normalized spacial score (nSPS) is 11.1. The lowest BCUT2D eigenvalue weighted by Crippen LogP contribution is -2.34. The number of carbonyl (C=O) groups excluding carboxylic acids is 1. The molecule has 4 nitrogen and oxygen atoms in total. The number of hydrogen-bond donors (Lipinski definition) is 1. The quantitative estimate of drug-likeness (QED) is 0.242. The fourth-order valence-corrected chi connectivity index (χ4v) is 5.05. The van der Waals surface area contributed by atoms with Gasteiger partial charge in [0.05, 0.1) is 0 Å². The zero-order valence-corrected chi connectivity index (χ0v) is 20.9. The summed E-state index contributed by atoms with van der Waals surface area (Å²) in [6, 6.07) is 33.1. The Morgan fingerprint density at radius 1 is 0.800 bits per heavy atom. The number of aromatic nitrogens is 1. The lowest BCUT2D eigenvalue weighted by atomic mass is 10.1. The monoisotopic (exact) mass is 479 g/mol. The van der Waals surface area contributed by atoms with Gasteiger partial charge < -0.3 is 14.8 Å². The first-order chi connectivity index (χ1) is 17.2. The minimum Gasteiger partial charge on any atom is -0.341 e. The van der Waals surface area contributed by atoms with Gasteiger partial charge in [0.2, 0.25) is 0 Å². The van der Waals surface area contributed by atoms with E-state index < -0.39 is 0 Å². The molecule has 0 saturated carbocycles. The first-order valence-corrected chi connectivity index (χ1v) is 13.1. The van der Waals surface area contributed by atoms with E-state index in [1.165, 1.54) is 26.7 Å². The summed E-state index contributed by atoms with van der Waals surface area (Å²) in [6.07, 6.45) is 2.05. The number of nitrogens with one attached hydrogen (secondary N) is 1. The number of rotatable bonds is 7. The number of fused-ring (bicyclic) bond motifs is 3. The molecule has 1 heterocycles. The molecule has 0 aliphatic carbocycles. The molecule has 1 aromatic heterocycles. The molecule has 5 heteroatoms.